The zero-order valence-corrected chi connectivity index (χ0v) is 14.2. The summed E-state index contributed by atoms with van der Waals surface area (Å²) in [5, 5.41) is 18.1. The van der Waals surface area contributed by atoms with Gasteiger partial charge in [0.05, 0.1) is 24.6 Å². The molecular formula is C18H21N5O2. The van der Waals surface area contributed by atoms with Crippen molar-refractivity contribution in [2.45, 2.75) is 38.7 Å². The lowest BCUT2D eigenvalue weighted by molar-refractivity contribution is 0.177. The number of rotatable bonds is 5. The van der Waals surface area contributed by atoms with E-state index in [2.05, 4.69) is 20.3 Å². The van der Waals surface area contributed by atoms with E-state index in [9.17, 15) is 5.11 Å². The SMILES string of the molecule is CCOc1ccc(-n2nnc3cnc(C[C@@H]4CC[C@@H](O)C4)nc32)cc1. The summed E-state index contributed by atoms with van der Waals surface area (Å²) in [6.45, 7) is 2.60. The highest BCUT2D eigenvalue weighted by molar-refractivity contribution is 5.70. The number of hydrogen-bond donors (Lipinski definition) is 1. The standard InChI is InChI=1S/C18H21N5O2/c1-2-25-15-7-4-13(5-8-15)23-18-16(21-22-23)11-19-17(20-18)10-12-3-6-14(24)9-12/h4-5,7-8,11-12,14,24H,2-3,6,9-10H2,1H3/t12-,14-/m1/s1. The highest BCUT2D eigenvalue weighted by atomic mass is 16.5. The normalized spacial score (nSPS) is 20.2. The van der Waals surface area contributed by atoms with Crippen LogP contribution in [-0.2, 0) is 6.42 Å². The largest absolute Gasteiger partial charge is 0.494 e. The van der Waals surface area contributed by atoms with E-state index >= 15 is 0 Å². The van der Waals surface area contributed by atoms with Gasteiger partial charge in [0, 0.05) is 6.42 Å². The van der Waals surface area contributed by atoms with Gasteiger partial charge in [-0.1, -0.05) is 5.21 Å². The van der Waals surface area contributed by atoms with Crippen molar-refractivity contribution in [1.29, 1.82) is 0 Å². The fourth-order valence-corrected chi connectivity index (χ4v) is 3.38. The van der Waals surface area contributed by atoms with Gasteiger partial charge in [-0.15, -0.1) is 5.10 Å². The maximum absolute atomic E-state index is 9.69. The van der Waals surface area contributed by atoms with E-state index in [0.717, 1.165) is 42.9 Å². The highest BCUT2D eigenvalue weighted by Crippen LogP contribution is 2.28. The smallest absolute Gasteiger partial charge is 0.187 e. The maximum atomic E-state index is 9.69. The lowest BCUT2D eigenvalue weighted by Gasteiger charge is -2.08. The van der Waals surface area contributed by atoms with E-state index in [0.29, 0.717) is 23.7 Å². The Morgan fingerprint density at radius 1 is 1.24 bits per heavy atom. The second-order valence-corrected chi connectivity index (χ2v) is 6.46. The van der Waals surface area contributed by atoms with Crippen molar-refractivity contribution in [3.05, 3.63) is 36.3 Å². The molecule has 0 unspecified atom stereocenters. The number of hydrogen-bond acceptors (Lipinski definition) is 6. The molecule has 1 saturated carbocycles. The van der Waals surface area contributed by atoms with Gasteiger partial charge in [0.25, 0.3) is 0 Å². The molecule has 1 N–H and O–H groups in total. The molecule has 2 heterocycles. The molecule has 1 aliphatic carbocycles. The van der Waals surface area contributed by atoms with Crippen LogP contribution in [0, 0.1) is 5.92 Å². The van der Waals surface area contributed by atoms with Gasteiger partial charge in [0.2, 0.25) is 0 Å². The molecule has 0 amide bonds. The molecule has 0 aliphatic heterocycles. The van der Waals surface area contributed by atoms with Gasteiger partial charge in [-0.2, -0.15) is 4.68 Å². The summed E-state index contributed by atoms with van der Waals surface area (Å²) in [6.07, 6.45) is 5.06. The first-order valence-electron chi connectivity index (χ1n) is 8.71. The molecule has 7 heteroatoms. The molecule has 0 bridgehead atoms. The molecule has 0 saturated heterocycles. The lowest BCUT2D eigenvalue weighted by Crippen LogP contribution is -2.07. The van der Waals surface area contributed by atoms with Crippen LogP contribution in [0.4, 0.5) is 0 Å². The Labute approximate surface area is 145 Å². The monoisotopic (exact) mass is 339 g/mol. The van der Waals surface area contributed by atoms with Gasteiger partial charge in [-0.25, -0.2) is 9.97 Å². The predicted octanol–water partition coefficient (Wildman–Crippen LogP) is 2.31. The summed E-state index contributed by atoms with van der Waals surface area (Å²) < 4.78 is 7.20. The summed E-state index contributed by atoms with van der Waals surface area (Å²) in [7, 11) is 0. The maximum Gasteiger partial charge on any atom is 0.187 e. The van der Waals surface area contributed by atoms with E-state index < -0.39 is 0 Å². The van der Waals surface area contributed by atoms with Crippen molar-refractivity contribution in [1.82, 2.24) is 25.0 Å². The third kappa shape index (κ3) is 3.32. The van der Waals surface area contributed by atoms with Crippen LogP contribution in [0.25, 0.3) is 16.9 Å². The van der Waals surface area contributed by atoms with Crippen LogP contribution in [0.3, 0.4) is 0 Å². The van der Waals surface area contributed by atoms with Gasteiger partial charge >= 0.3 is 0 Å². The zero-order valence-electron chi connectivity index (χ0n) is 14.2. The summed E-state index contributed by atoms with van der Waals surface area (Å²) in [5.74, 6) is 2.05. The van der Waals surface area contributed by atoms with Crippen LogP contribution in [0.2, 0.25) is 0 Å². The Kier molecular flexibility index (Phi) is 4.31. The molecule has 3 aromatic rings. The van der Waals surface area contributed by atoms with Gasteiger partial charge in [0.15, 0.2) is 11.2 Å². The Morgan fingerprint density at radius 2 is 2.08 bits per heavy atom. The molecule has 0 radical (unpaired) electrons. The van der Waals surface area contributed by atoms with Crippen molar-refractivity contribution in [2.24, 2.45) is 5.92 Å². The summed E-state index contributed by atoms with van der Waals surface area (Å²) in [5.41, 5.74) is 2.25. The van der Waals surface area contributed by atoms with Crippen molar-refractivity contribution in [3.63, 3.8) is 0 Å². The van der Waals surface area contributed by atoms with Gasteiger partial charge < -0.3 is 9.84 Å². The van der Waals surface area contributed by atoms with E-state index in [1.807, 2.05) is 31.2 Å². The number of nitrogens with zero attached hydrogens (tertiary/aromatic N) is 5. The molecule has 1 aromatic carbocycles. The van der Waals surface area contributed by atoms with Crippen molar-refractivity contribution in [2.75, 3.05) is 6.61 Å². The second kappa shape index (κ2) is 6.76. The van der Waals surface area contributed by atoms with E-state index in [1.54, 1.807) is 10.9 Å². The van der Waals surface area contributed by atoms with Gasteiger partial charge in [-0.05, 0) is 56.4 Å². The van der Waals surface area contributed by atoms with Crippen LogP contribution in [-0.4, -0.2) is 42.8 Å². The number of ether oxygens (including phenoxy) is 1. The Morgan fingerprint density at radius 3 is 2.80 bits per heavy atom. The van der Waals surface area contributed by atoms with Crippen LogP contribution >= 0.6 is 0 Å². The summed E-state index contributed by atoms with van der Waals surface area (Å²) >= 11 is 0. The number of fused-ring (bicyclic) bond motifs is 1. The van der Waals surface area contributed by atoms with Crippen molar-refractivity contribution < 1.29 is 9.84 Å². The lowest BCUT2D eigenvalue weighted by atomic mass is 10.0. The molecule has 2 aromatic heterocycles. The highest BCUT2D eigenvalue weighted by Gasteiger charge is 2.24. The molecule has 0 spiro atoms. The number of benzene rings is 1. The van der Waals surface area contributed by atoms with Crippen LogP contribution in [0.1, 0.15) is 32.0 Å². The van der Waals surface area contributed by atoms with Gasteiger partial charge in [-0.3, -0.25) is 0 Å². The van der Waals surface area contributed by atoms with E-state index in [-0.39, 0.29) is 6.10 Å². The topological polar surface area (TPSA) is 86.0 Å². The molecule has 2 atom stereocenters. The number of aliphatic hydroxyl groups excluding tert-OH is 1. The average molecular weight is 339 g/mol. The quantitative estimate of drug-likeness (QED) is 0.768. The van der Waals surface area contributed by atoms with Crippen LogP contribution < -0.4 is 4.74 Å². The summed E-state index contributed by atoms with van der Waals surface area (Å²) in [6, 6.07) is 7.70. The Balaban J connectivity index is 1.62. The fraction of sp³-hybridized carbons (Fsp3) is 0.444. The molecular weight excluding hydrogens is 318 g/mol. The second-order valence-electron chi connectivity index (χ2n) is 6.46. The zero-order chi connectivity index (χ0) is 17.2. The molecule has 7 nitrogen and oxygen atoms in total. The minimum Gasteiger partial charge on any atom is -0.494 e. The van der Waals surface area contributed by atoms with Crippen LogP contribution in [0.15, 0.2) is 30.5 Å². The van der Waals surface area contributed by atoms with E-state index in [4.69, 9.17) is 4.74 Å². The van der Waals surface area contributed by atoms with E-state index in [1.165, 1.54) is 0 Å². The molecule has 4 rings (SSSR count). The average Bonchev–Trinajstić information content (AvgIpc) is 3.22. The number of aliphatic hydroxyl groups is 1. The molecule has 130 valence electrons. The van der Waals surface area contributed by atoms with Crippen LogP contribution in [0.5, 0.6) is 5.75 Å². The first-order chi connectivity index (χ1) is 12.2. The molecule has 1 aliphatic rings. The minimum absolute atomic E-state index is 0.176. The number of aromatic nitrogens is 5. The Hall–Kier alpha value is -2.54. The minimum atomic E-state index is -0.176. The third-order valence-corrected chi connectivity index (χ3v) is 4.62. The first-order valence-corrected chi connectivity index (χ1v) is 8.71. The van der Waals surface area contributed by atoms with Crippen molar-refractivity contribution >= 4 is 11.2 Å². The predicted molar refractivity (Wildman–Crippen MR) is 92.7 cm³/mol. The molecule has 25 heavy (non-hydrogen) atoms. The Bertz CT molecular complexity index is 862. The first kappa shape index (κ1) is 16.0. The fourth-order valence-electron chi connectivity index (χ4n) is 3.38. The summed E-state index contributed by atoms with van der Waals surface area (Å²) in [4.78, 5) is 9.09. The molecule has 1 fully saturated rings. The van der Waals surface area contributed by atoms with Gasteiger partial charge in [0.1, 0.15) is 11.6 Å². The third-order valence-electron chi connectivity index (χ3n) is 4.62. The van der Waals surface area contributed by atoms with Crippen molar-refractivity contribution in [3.8, 4) is 11.4 Å².